The molecule has 1 aromatic heterocycles. The molecule has 0 radical (unpaired) electrons. The van der Waals surface area contributed by atoms with Crippen molar-refractivity contribution in [1.82, 2.24) is 52.3 Å². The second-order valence-corrected chi connectivity index (χ2v) is 21.1. The number of amides is 6. The zero-order chi connectivity index (χ0) is 52.6. The van der Waals surface area contributed by atoms with Gasteiger partial charge < -0.3 is 46.2 Å². The molecule has 20 nitrogen and oxygen atoms in total. The molecule has 4 saturated heterocycles. The average Bonchev–Trinajstić information content (AvgIpc) is 4.28. The average molecular weight is 1030 g/mol. The van der Waals surface area contributed by atoms with Crippen molar-refractivity contribution in [3.8, 4) is 0 Å². The Hall–Kier alpha value is -6.87. The predicted molar refractivity (Wildman–Crippen MR) is 280 cm³/mol. The monoisotopic (exact) mass is 1030 g/mol. The van der Waals surface area contributed by atoms with Crippen molar-refractivity contribution in [1.29, 1.82) is 0 Å². The maximum atomic E-state index is 14.6. The van der Waals surface area contributed by atoms with Crippen LogP contribution in [0.1, 0.15) is 106 Å². The molecule has 5 aliphatic heterocycles. The Morgan fingerprint density at radius 1 is 0.733 bits per heavy atom. The third kappa shape index (κ3) is 13.3. The lowest BCUT2D eigenvalue weighted by atomic mass is 9.96. The molecule has 11 atom stereocenters. The molecular formula is C55H72N12O8. The van der Waals surface area contributed by atoms with Gasteiger partial charge in [0.05, 0.1) is 54.6 Å². The van der Waals surface area contributed by atoms with Gasteiger partial charge in [-0.3, -0.25) is 44.2 Å². The van der Waals surface area contributed by atoms with E-state index in [9.17, 15) is 28.8 Å². The van der Waals surface area contributed by atoms with Gasteiger partial charge in [0, 0.05) is 50.6 Å². The Morgan fingerprint density at radius 3 is 2.04 bits per heavy atom. The van der Waals surface area contributed by atoms with Crippen LogP contribution in [0, 0.1) is 5.92 Å². The number of para-hydroxylation sites is 2. The van der Waals surface area contributed by atoms with Crippen LogP contribution < -0.4 is 48.0 Å². The standard InChI is InChI=1S/C55H72N12O8/c1-32-15-13-14-22-66(32)48(68)28-43(52(70)57-34(3)50-56-30-39(59-50)24-36-16-7-5-8-17-36)63-55(73)46-27-40(75-65-46)25-37-26-47(38-18-9-6-10-19-38)67(31-37)49(69)29-44(62-54(72)45-23-33(2)74-64-45)53(71)58-35(4)51-60-41-20-11-12-21-42(41)61-51/h5-12,16-21,27,32-35,37,39,43-45,47,50-51,56,59-61,64H,13-15,22-26,28-31H2,1-4H3,(H,57,70)(H,58,71)(H,62,72)(H,63,73)/t32-,33?,34-,35?,37?,39?,43-,44-,45?,47+,50?/m0/s1. The zero-order valence-corrected chi connectivity index (χ0v) is 43.2. The normalized spacial score (nSPS) is 25.0. The first-order valence-corrected chi connectivity index (χ1v) is 26.6. The second kappa shape index (κ2) is 24.2. The quantitative estimate of drug-likeness (QED) is 0.0655. The number of anilines is 2. The molecule has 4 fully saturated rings. The van der Waals surface area contributed by atoms with E-state index in [0.717, 1.165) is 42.6 Å². The smallest absolute Gasteiger partial charge is 0.274 e. The molecule has 6 amide bonds. The van der Waals surface area contributed by atoms with E-state index in [1.807, 2.05) is 100 Å². The molecule has 3 aromatic carbocycles. The summed E-state index contributed by atoms with van der Waals surface area (Å²) in [6.45, 7) is 9.16. The number of hydrogen-bond acceptors (Lipinski definition) is 14. The Bertz CT molecular complexity index is 2610. The third-order valence-corrected chi connectivity index (χ3v) is 15.2. The summed E-state index contributed by atoms with van der Waals surface area (Å²) in [5, 5.41) is 29.7. The van der Waals surface area contributed by atoms with Gasteiger partial charge in [-0.05, 0) is 89.0 Å². The Morgan fingerprint density at radius 2 is 1.37 bits per heavy atom. The zero-order valence-electron chi connectivity index (χ0n) is 43.2. The van der Waals surface area contributed by atoms with E-state index in [2.05, 4.69) is 65.3 Å². The second-order valence-electron chi connectivity index (χ2n) is 21.1. The van der Waals surface area contributed by atoms with Gasteiger partial charge in [0.15, 0.2) is 5.69 Å². The number of hydrogen-bond donors (Lipinski definition) is 9. The van der Waals surface area contributed by atoms with Crippen molar-refractivity contribution in [2.24, 2.45) is 5.92 Å². The number of benzene rings is 3. The highest BCUT2D eigenvalue weighted by Crippen LogP contribution is 2.38. The summed E-state index contributed by atoms with van der Waals surface area (Å²) in [6.07, 6.45) is 3.51. The SMILES string of the molecule is CC1CC(C(=O)N[C@@H](CC(=O)N2CC(Cc3cc(C(=O)N[C@@H](CC(=O)N4CCCC[C@@H]4C)C(=O)N[C@@H](C)C4NCC(Cc5ccccc5)N4)no3)C[C@@H]2c2ccccc2)C(=O)NC(C)C2Nc3ccccc3N2)NO1. The number of carbonyl (C=O) groups excluding carboxylic acids is 6. The van der Waals surface area contributed by atoms with Crippen LogP contribution in [-0.2, 0) is 41.7 Å². The van der Waals surface area contributed by atoms with Crippen LogP contribution in [0.5, 0.6) is 0 Å². The Balaban J connectivity index is 0.857. The van der Waals surface area contributed by atoms with Gasteiger partial charge >= 0.3 is 0 Å². The lowest BCUT2D eigenvalue weighted by Gasteiger charge is -2.34. The lowest BCUT2D eigenvalue weighted by molar-refractivity contribution is -0.138. The fourth-order valence-corrected chi connectivity index (χ4v) is 11.1. The van der Waals surface area contributed by atoms with Crippen LogP contribution in [0.15, 0.2) is 95.5 Å². The molecule has 9 rings (SSSR count). The van der Waals surface area contributed by atoms with Crippen molar-refractivity contribution in [3.63, 3.8) is 0 Å². The molecule has 0 aliphatic carbocycles. The van der Waals surface area contributed by atoms with Gasteiger partial charge in [0.2, 0.25) is 29.5 Å². The number of aromatic nitrogens is 1. The number of piperidine rings is 1. The first kappa shape index (κ1) is 53.0. The molecule has 5 aliphatic rings. The highest BCUT2D eigenvalue weighted by atomic mass is 16.7. The van der Waals surface area contributed by atoms with Crippen LogP contribution in [0.4, 0.5) is 11.4 Å². The summed E-state index contributed by atoms with van der Waals surface area (Å²) in [5.74, 6) is -2.41. The van der Waals surface area contributed by atoms with Gasteiger partial charge in [-0.25, -0.2) is 0 Å². The number of hydroxylamine groups is 1. The fourth-order valence-electron chi connectivity index (χ4n) is 11.1. The van der Waals surface area contributed by atoms with Gasteiger partial charge in [-0.2, -0.15) is 5.48 Å². The molecule has 6 unspecified atom stereocenters. The van der Waals surface area contributed by atoms with Crippen molar-refractivity contribution in [2.75, 3.05) is 30.3 Å². The van der Waals surface area contributed by atoms with Gasteiger partial charge in [0.25, 0.3) is 5.91 Å². The van der Waals surface area contributed by atoms with Gasteiger partial charge in [0.1, 0.15) is 30.1 Å². The van der Waals surface area contributed by atoms with Crippen LogP contribution in [0.2, 0.25) is 0 Å². The minimum Gasteiger partial charge on any atom is -0.362 e. The third-order valence-electron chi connectivity index (χ3n) is 15.2. The summed E-state index contributed by atoms with van der Waals surface area (Å²) in [6, 6.07) is 25.0. The molecule has 0 spiro atoms. The topological polar surface area (TPSA) is 252 Å². The number of nitrogens with zero attached hydrogens (tertiary/aromatic N) is 3. The Labute approximate surface area is 437 Å². The number of likely N-dealkylation sites (tertiary alicyclic amines) is 2. The summed E-state index contributed by atoms with van der Waals surface area (Å²) >= 11 is 0. The first-order chi connectivity index (χ1) is 36.2. The highest BCUT2D eigenvalue weighted by molar-refractivity contribution is 5.98. The molecular weight excluding hydrogens is 957 g/mol. The van der Waals surface area contributed by atoms with Gasteiger partial charge in [-0.1, -0.05) is 78.0 Å². The van der Waals surface area contributed by atoms with E-state index in [1.165, 1.54) is 11.6 Å². The molecule has 0 saturated carbocycles. The fraction of sp³-hybridized carbons (Fsp3) is 0.509. The summed E-state index contributed by atoms with van der Waals surface area (Å²) in [4.78, 5) is 93.3. The summed E-state index contributed by atoms with van der Waals surface area (Å²) in [5.41, 5.74) is 6.61. The maximum Gasteiger partial charge on any atom is 0.274 e. The molecule has 4 aromatic rings. The highest BCUT2D eigenvalue weighted by Gasteiger charge is 2.41. The number of rotatable bonds is 19. The first-order valence-electron chi connectivity index (χ1n) is 26.6. The van der Waals surface area contributed by atoms with Crippen LogP contribution in [0.3, 0.4) is 0 Å². The van der Waals surface area contributed by atoms with E-state index in [0.29, 0.717) is 38.1 Å². The largest absolute Gasteiger partial charge is 0.362 e. The maximum absolute atomic E-state index is 14.6. The number of fused-ring (bicyclic) bond motifs is 1. The van der Waals surface area contributed by atoms with Crippen molar-refractivity contribution in [3.05, 3.63) is 114 Å². The molecule has 0 bridgehead atoms. The lowest BCUT2D eigenvalue weighted by Crippen LogP contribution is -2.57. The number of nitrogens with one attached hydrogen (secondary N) is 9. The predicted octanol–water partition coefficient (Wildman–Crippen LogP) is 3.26. The van der Waals surface area contributed by atoms with Crippen molar-refractivity contribution >= 4 is 46.8 Å². The van der Waals surface area contributed by atoms with Crippen LogP contribution in [0.25, 0.3) is 0 Å². The van der Waals surface area contributed by atoms with Crippen molar-refractivity contribution in [2.45, 2.75) is 152 Å². The number of carbonyl (C=O) groups is 6. The van der Waals surface area contributed by atoms with E-state index in [1.54, 1.807) is 9.80 Å². The van der Waals surface area contributed by atoms with Crippen molar-refractivity contribution < 1.29 is 38.1 Å². The van der Waals surface area contributed by atoms with Crippen LogP contribution >= 0.6 is 0 Å². The summed E-state index contributed by atoms with van der Waals surface area (Å²) in [7, 11) is 0. The van der Waals surface area contributed by atoms with Crippen LogP contribution in [-0.4, -0.2) is 131 Å². The van der Waals surface area contributed by atoms with E-state index in [-0.39, 0.29) is 85.4 Å². The van der Waals surface area contributed by atoms with E-state index in [4.69, 9.17) is 9.36 Å². The van der Waals surface area contributed by atoms with Gasteiger partial charge in [-0.15, -0.1) is 0 Å². The van der Waals surface area contributed by atoms with E-state index < -0.39 is 47.8 Å². The van der Waals surface area contributed by atoms with E-state index >= 15 is 0 Å². The molecule has 400 valence electrons. The molecule has 6 heterocycles. The minimum absolute atomic E-state index is 0.0185. The molecule has 9 N–H and O–H groups in total. The Kier molecular flexibility index (Phi) is 17.1. The molecule has 75 heavy (non-hydrogen) atoms. The minimum atomic E-state index is -1.21. The summed E-state index contributed by atoms with van der Waals surface area (Å²) < 4.78 is 5.76. The molecule has 20 heteroatoms.